The first kappa shape index (κ1) is 8.48. The first-order valence-electron chi connectivity index (χ1n) is 3.32. The second kappa shape index (κ2) is 3.69. The minimum Gasteiger partial charge on any atom is -0.0616 e. The van der Waals surface area contributed by atoms with Gasteiger partial charge in [0.25, 0.3) is 0 Å². The van der Waals surface area contributed by atoms with E-state index in [-0.39, 0.29) is 21.1 Å². The van der Waals surface area contributed by atoms with Crippen LogP contribution in [0.5, 0.6) is 0 Å². The van der Waals surface area contributed by atoms with Crippen molar-refractivity contribution in [1.29, 1.82) is 0 Å². The third kappa shape index (κ3) is 1.69. The molecule has 57 valence electrons. The smallest absolute Gasteiger partial charge is 0 e. The molecule has 0 atom stereocenters. The van der Waals surface area contributed by atoms with Crippen molar-refractivity contribution in [2.45, 2.75) is 0 Å². The van der Waals surface area contributed by atoms with Crippen LogP contribution >= 0.6 is 0 Å². The van der Waals surface area contributed by atoms with Gasteiger partial charge in [0.1, 0.15) is 0 Å². The normalized spacial score (nSPS) is 9.09. The quantitative estimate of drug-likeness (QED) is 0.699. The van der Waals surface area contributed by atoms with Crippen molar-refractivity contribution >= 4 is 10.8 Å². The van der Waals surface area contributed by atoms with Crippen LogP contribution in [0.25, 0.3) is 10.8 Å². The molecule has 0 heterocycles. The molecule has 0 amide bonds. The Bertz CT molecular complexity index is 276. The summed E-state index contributed by atoms with van der Waals surface area (Å²) in [6.07, 6.45) is 0. The Kier molecular flexibility index (Phi) is 2.84. The molecule has 2 aromatic rings. The second-order valence-corrected chi connectivity index (χ2v) is 2.26. The van der Waals surface area contributed by atoms with Crippen LogP contribution < -0.4 is 0 Å². The van der Waals surface area contributed by atoms with Crippen LogP contribution in [0.1, 0.15) is 0 Å². The number of fused-ring (bicyclic) bond motifs is 1. The van der Waals surface area contributed by atoms with Crippen molar-refractivity contribution in [3.05, 3.63) is 48.5 Å². The van der Waals surface area contributed by atoms with Crippen LogP contribution in [-0.4, -0.2) is 0 Å². The molecule has 0 aliphatic heterocycles. The van der Waals surface area contributed by atoms with Crippen LogP contribution in [-0.2, 0) is 21.1 Å². The molecule has 2 aromatic carbocycles. The molecule has 0 unspecified atom stereocenters. The summed E-state index contributed by atoms with van der Waals surface area (Å²) in [6.45, 7) is 0. The monoisotopic (exact) mass is 322 g/mol. The number of benzene rings is 2. The molecular weight excluding hydrogens is 315 g/mol. The molecule has 0 aliphatic rings. The van der Waals surface area contributed by atoms with Gasteiger partial charge in [0.15, 0.2) is 0 Å². The van der Waals surface area contributed by atoms with Crippen molar-refractivity contribution in [2.75, 3.05) is 0 Å². The number of hydrogen-bond donors (Lipinski definition) is 0. The molecule has 0 aromatic heterocycles. The van der Waals surface area contributed by atoms with Gasteiger partial charge >= 0.3 is 0 Å². The summed E-state index contributed by atoms with van der Waals surface area (Å²) < 4.78 is 0. The predicted octanol–water partition coefficient (Wildman–Crippen LogP) is 2.64. The van der Waals surface area contributed by atoms with E-state index in [1.54, 1.807) is 0 Å². The minimum absolute atomic E-state index is 0. The third-order valence-corrected chi connectivity index (χ3v) is 1.57. The Labute approximate surface area is 80.5 Å². The molecule has 0 spiro atoms. The Morgan fingerprint density at radius 1 is 0.909 bits per heavy atom. The Morgan fingerprint density at radius 2 is 1.64 bits per heavy atom. The topological polar surface area (TPSA) is 0 Å². The van der Waals surface area contributed by atoms with Crippen LogP contribution in [0.2, 0.25) is 0 Å². The van der Waals surface area contributed by atoms with Gasteiger partial charge in [-0.2, -0.15) is 0 Å². The van der Waals surface area contributed by atoms with Gasteiger partial charge in [-0.05, 0) is 16.8 Å². The van der Waals surface area contributed by atoms with Gasteiger partial charge in [-0.3, -0.25) is 0 Å². The zero-order valence-electron chi connectivity index (χ0n) is 5.86. The van der Waals surface area contributed by atoms with E-state index in [4.69, 9.17) is 0 Å². The first-order valence-corrected chi connectivity index (χ1v) is 3.32. The maximum Gasteiger partial charge on any atom is 0 e. The summed E-state index contributed by atoms with van der Waals surface area (Å²) in [7, 11) is 0. The summed E-state index contributed by atoms with van der Waals surface area (Å²) in [5, 5.41) is 2.44. The van der Waals surface area contributed by atoms with Crippen LogP contribution in [0.3, 0.4) is 0 Å². The van der Waals surface area contributed by atoms with E-state index in [0.717, 1.165) is 0 Å². The molecule has 0 N–H and O–H groups in total. The zero-order valence-corrected chi connectivity index (χ0v) is 8.13. The Balaban J connectivity index is 0.000000605. The molecular formula is C10H7Pt. The minimum atomic E-state index is 0. The molecule has 1 heteroatoms. The van der Waals surface area contributed by atoms with Gasteiger partial charge in [-0.25, -0.2) is 0 Å². The summed E-state index contributed by atoms with van der Waals surface area (Å²) in [4.78, 5) is 0. The van der Waals surface area contributed by atoms with E-state index in [1.807, 2.05) is 24.3 Å². The van der Waals surface area contributed by atoms with E-state index in [2.05, 4.69) is 24.3 Å². The molecule has 0 fully saturated rings. The summed E-state index contributed by atoms with van der Waals surface area (Å²) in [6, 6.07) is 17.4. The van der Waals surface area contributed by atoms with E-state index in [9.17, 15) is 0 Å². The van der Waals surface area contributed by atoms with Crippen molar-refractivity contribution in [3.8, 4) is 0 Å². The molecule has 0 saturated heterocycles. The van der Waals surface area contributed by atoms with E-state index >= 15 is 0 Å². The summed E-state index contributed by atoms with van der Waals surface area (Å²) in [5.41, 5.74) is 0. The molecule has 0 bridgehead atoms. The fraction of sp³-hybridized carbons (Fsp3) is 0. The number of hydrogen-bond acceptors (Lipinski definition) is 0. The maximum atomic E-state index is 3.15. The van der Waals surface area contributed by atoms with Gasteiger partial charge in [0, 0.05) is 21.1 Å². The van der Waals surface area contributed by atoms with Crippen LogP contribution in [0, 0.1) is 6.07 Å². The van der Waals surface area contributed by atoms with Gasteiger partial charge in [0.2, 0.25) is 0 Å². The number of rotatable bonds is 0. The van der Waals surface area contributed by atoms with Gasteiger partial charge < -0.3 is 0 Å². The molecule has 2 rings (SSSR count). The first-order chi connectivity index (χ1) is 4.97. The zero-order chi connectivity index (χ0) is 6.81. The second-order valence-electron chi connectivity index (χ2n) is 2.26. The van der Waals surface area contributed by atoms with Crippen LogP contribution in [0.4, 0.5) is 0 Å². The Hall–Kier alpha value is -0.612. The molecule has 0 nitrogen and oxygen atoms in total. The third-order valence-electron chi connectivity index (χ3n) is 1.57. The molecule has 0 saturated carbocycles. The van der Waals surface area contributed by atoms with Crippen molar-refractivity contribution in [1.82, 2.24) is 0 Å². The van der Waals surface area contributed by atoms with Crippen molar-refractivity contribution in [2.24, 2.45) is 0 Å². The predicted molar refractivity (Wildman–Crippen MR) is 42.8 cm³/mol. The molecule has 1 radical (unpaired) electrons. The van der Waals surface area contributed by atoms with Crippen LogP contribution in [0.15, 0.2) is 42.5 Å². The SMILES string of the molecule is [Pt].[c]1cccc2ccccc12. The van der Waals surface area contributed by atoms with Gasteiger partial charge in [-0.15, -0.1) is 0 Å². The Morgan fingerprint density at radius 3 is 2.45 bits per heavy atom. The molecule has 0 aliphatic carbocycles. The average Bonchev–Trinajstić information content (AvgIpc) is 2.05. The fourth-order valence-electron chi connectivity index (χ4n) is 1.06. The van der Waals surface area contributed by atoms with Crippen molar-refractivity contribution in [3.63, 3.8) is 0 Å². The van der Waals surface area contributed by atoms with Gasteiger partial charge in [0.05, 0.1) is 0 Å². The maximum absolute atomic E-state index is 3.15. The van der Waals surface area contributed by atoms with E-state index < -0.39 is 0 Å². The van der Waals surface area contributed by atoms with E-state index in [1.165, 1.54) is 10.8 Å². The van der Waals surface area contributed by atoms with Crippen molar-refractivity contribution < 1.29 is 21.1 Å². The standard InChI is InChI=1S/C10H7.Pt/c1-2-6-10-8-4-3-7-9(10)5-1;/h1-7H;. The average molecular weight is 322 g/mol. The van der Waals surface area contributed by atoms with E-state index in [0.29, 0.717) is 0 Å². The van der Waals surface area contributed by atoms with Gasteiger partial charge in [-0.1, -0.05) is 42.5 Å². The molecule has 11 heavy (non-hydrogen) atoms. The fourth-order valence-corrected chi connectivity index (χ4v) is 1.06. The summed E-state index contributed by atoms with van der Waals surface area (Å²) in [5.74, 6) is 0. The largest absolute Gasteiger partial charge is 0.0616 e. The summed E-state index contributed by atoms with van der Waals surface area (Å²) >= 11 is 0.